The summed E-state index contributed by atoms with van der Waals surface area (Å²) in [7, 11) is 0. The molecule has 0 heterocycles. The van der Waals surface area contributed by atoms with Crippen LogP contribution in [0.15, 0.2) is 48.5 Å². The summed E-state index contributed by atoms with van der Waals surface area (Å²) >= 11 is 0. The summed E-state index contributed by atoms with van der Waals surface area (Å²) in [6.45, 7) is 1.64. The molecule has 0 spiro atoms. The van der Waals surface area contributed by atoms with Crippen LogP contribution in [0.2, 0.25) is 0 Å². The number of ether oxygens (including phenoxy) is 1. The summed E-state index contributed by atoms with van der Waals surface area (Å²) in [6.07, 6.45) is 0.964. The Bertz CT molecular complexity index is 971. The minimum Gasteiger partial charge on any atom is -0.481 e. The number of hydrogen-bond donors (Lipinski definition) is 3. The van der Waals surface area contributed by atoms with Crippen molar-refractivity contribution in [2.24, 2.45) is 5.92 Å². The summed E-state index contributed by atoms with van der Waals surface area (Å²) in [5.74, 6) is -1.29. The van der Waals surface area contributed by atoms with Crippen molar-refractivity contribution < 1.29 is 24.2 Å². The van der Waals surface area contributed by atoms with Gasteiger partial charge in [-0.25, -0.2) is 4.79 Å². The molecule has 31 heavy (non-hydrogen) atoms. The van der Waals surface area contributed by atoms with Gasteiger partial charge in [0.15, 0.2) is 0 Å². The number of carboxylic acid groups (broad SMARTS) is 1. The SMILES string of the molecule is CC(CC(=O)O)(NC(=O)CNC(=O)OCC1c2ccccc2-c2ccccc21)C1CC1. The number of rotatable bonds is 8. The van der Waals surface area contributed by atoms with Gasteiger partial charge in [-0.2, -0.15) is 0 Å². The molecule has 2 aromatic carbocycles. The van der Waals surface area contributed by atoms with E-state index in [-0.39, 0.29) is 31.4 Å². The Morgan fingerprint density at radius 2 is 1.61 bits per heavy atom. The maximum Gasteiger partial charge on any atom is 0.407 e. The zero-order valence-corrected chi connectivity index (χ0v) is 17.4. The molecule has 7 nitrogen and oxygen atoms in total. The fourth-order valence-corrected chi connectivity index (χ4v) is 4.49. The van der Waals surface area contributed by atoms with Gasteiger partial charge in [-0.15, -0.1) is 0 Å². The highest BCUT2D eigenvalue weighted by Gasteiger charge is 2.44. The van der Waals surface area contributed by atoms with Crippen LogP contribution in [0.25, 0.3) is 11.1 Å². The summed E-state index contributed by atoms with van der Waals surface area (Å²) in [6, 6.07) is 16.1. The average Bonchev–Trinajstić information content (AvgIpc) is 3.55. The van der Waals surface area contributed by atoms with Gasteiger partial charge < -0.3 is 20.5 Å². The lowest BCUT2D eigenvalue weighted by Crippen LogP contribution is -2.52. The highest BCUT2D eigenvalue weighted by molar-refractivity contribution is 5.84. The third-order valence-electron chi connectivity index (χ3n) is 6.16. The van der Waals surface area contributed by atoms with Gasteiger partial charge in [0.25, 0.3) is 0 Å². The number of nitrogens with one attached hydrogen (secondary N) is 2. The van der Waals surface area contributed by atoms with E-state index in [1.54, 1.807) is 6.92 Å². The number of fused-ring (bicyclic) bond motifs is 3. The number of carbonyl (C=O) groups excluding carboxylic acids is 2. The molecule has 7 heteroatoms. The normalized spacial score (nSPS) is 16.5. The molecule has 2 amide bonds. The standard InChI is InChI=1S/C24H26N2O5/c1-24(12-22(28)29,15-10-11-15)26-21(27)13-25-23(30)31-14-20-18-8-4-2-6-16(18)17-7-3-5-9-19(17)20/h2-9,15,20H,10-14H2,1H3,(H,25,30)(H,26,27)(H,28,29). The quantitative estimate of drug-likeness (QED) is 0.606. The molecule has 2 aliphatic carbocycles. The molecule has 4 rings (SSSR count). The number of carboxylic acids is 1. The van der Waals surface area contributed by atoms with E-state index in [1.165, 1.54) is 0 Å². The van der Waals surface area contributed by atoms with Crippen molar-refractivity contribution in [1.29, 1.82) is 0 Å². The molecule has 0 aliphatic heterocycles. The van der Waals surface area contributed by atoms with E-state index in [2.05, 4.69) is 22.8 Å². The van der Waals surface area contributed by atoms with Gasteiger partial charge in [0.05, 0.1) is 12.0 Å². The number of hydrogen-bond acceptors (Lipinski definition) is 4. The number of aliphatic carboxylic acids is 1. The lowest BCUT2D eigenvalue weighted by molar-refractivity contribution is -0.139. The lowest BCUT2D eigenvalue weighted by atomic mass is 9.91. The third kappa shape index (κ3) is 4.55. The Kier molecular flexibility index (Phi) is 5.67. The molecule has 1 fully saturated rings. The highest BCUT2D eigenvalue weighted by atomic mass is 16.5. The molecule has 2 aliphatic rings. The molecule has 162 valence electrons. The second-order valence-corrected chi connectivity index (χ2v) is 8.49. The van der Waals surface area contributed by atoms with Crippen LogP contribution in [-0.2, 0) is 14.3 Å². The first-order valence-corrected chi connectivity index (χ1v) is 10.5. The average molecular weight is 422 g/mol. The second kappa shape index (κ2) is 8.41. The molecular formula is C24H26N2O5. The first kappa shape index (κ1) is 20.9. The van der Waals surface area contributed by atoms with Crippen LogP contribution < -0.4 is 10.6 Å². The second-order valence-electron chi connectivity index (χ2n) is 8.49. The molecule has 2 aromatic rings. The van der Waals surface area contributed by atoms with E-state index >= 15 is 0 Å². The van der Waals surface area contributed by atoms with Gasteiger partial charge in [0.1, 0.15) is 13.2 Å². The number of amides is 2. The Hall–Kier alpha value is -3.35. The Morgan fingerprint density at radius 1 is 1.03 bits per heavy atom. The van der Waals surface area contributed by atoms with Crippen molar-refractivity contribution in [3.05, 3.63) is 59.7 Å². The third-order valence-corrected chi connectivity index (χ3v) is 6.16. The monoisotopic (exact) mass is 422 g/mol. The topological polar surface area (TPSA) is 105 Å². The van der Waals surface area contributed by atoms with Gasteiger partial charge in [0.2, 0.25) is 5.91 Å². The highest BCUT2D eigenvalue weighted by Crippen LogP contribution is 2.44. The van der Waals surface area contributed by atoms with Crippen LogP contribution in [0.5, 0.6) is 0 Å². The Balaban J connectivity index is 1.31. The van der Waals surface area contributed by atoms with E-state index in [1.807, 2.05) is 36.4 Å². The maximum atomic E-state index is 12.3. The van der Waals surface area contributed by atoms with Gasteiger partial charge in [-0.1, -0.05) is 48.5 Å². The Labute approximate surface area is 180 Å². The summed E-state index contributed by atoms with van der Waals surface area (Å²) in [5.41, 5.74) is 3.71. The molecular weight excluding hydrogens is 396 g/mol. The van der Waals surface area contributed by atoms with Crippen molar-refractivity contribution in [1.82, 2.24) is 10.6 Å². The van der Waals surface area contributed by atoms with Crippen LogP contribution in [0, 0.1) is 5.92 Å². The van der Waals surface area contributed by atoms with Crippen LogP contribution in [0.4, 0.5) is 4.79 Å². The first-order chi connectivity index (χ1) is 14.9. The van der Waals surface area contributed by atoms with Crippen LogP contribution in [0.3, 0.4) is 0 Å². The van der Waals surface area contributed by atoms with Crippen molar-refractivity contribution in [3.8, 4) is 11.1 Å². The largest absolute Gasteiger partial charge is 0.481 e. The number of benzene rings is 2. The lowest BCUT2D eigenvalue weighted by Gasteiger charge is -2.29. The van der Waals surface area contributed by atoms with E-state index in [9.17, 15) is 14.4 Å². The molecule has 0 radical (unpaired) electrons. The summed E-state index contributed by atoms with van der Waals surface area (Å²) in [5, 5.41) is 14.4. The van der Waals surface area contributed by atoms with Crippen molar-refractivity contribution in [3.63, 3.8) is 0 Å². The van der Waals surface area contributed by atoms with Gasteiger partial charge in [0, 0.05) is 5.92 Å². The van der Waals surface area contributed by atoms with Crippen LogP contribution in [0.1, 0.15) is 43.2 Å². The molecule has 0 aromatic heterocycles. The van der Waals surface area contributed by atoms with Gasteiger partial charge in [-0.05, 0) is 47.9 Å². The van der Waals surface area contributed by atoms with E-state index in [0.29, 0.717) is 0 Å². The summed E-state index contributed by atoms with van der Waals surface area (Å²) in [4.78, 5) is 35.6. The Morgan fingerprint density at radius 3 is 2.16 bits per heavy atom. The van der Waals surface area contributed by atoms with Gasteiger partial charge >= 0.3 is 12.1 Å². The molecule has 1 atom stereocenters. The maximum absolute atomic E-state index is 12.3. The minimum absolute atomic E-state index is 0.0549. The van der Waals surface area contributed by atoms with Gasteiger partial charge in [-0.3, -0.25) is 9.59 Å². The molecule has 1 unspecified atom stereocenters. The molecule has 0 saturated heterocycles. The molecule has 0 bridgehead atoms. The smallest absolute Gasteiger partial charge is 0.407 e. The first-order valence-electron chi connectivity index (χ1n) is 10.5. The van der Waals surface area contributed by atoms with E-state index < -0.39 is 23.5 Å². The zero-order chi connectivity index (χ0) is 22.0. The predicted molar refractivity (Wildman–Crippen MR) is 115 cm³/mol. The summed E-state index contributed by atoms with van der Waals surface area (Å²) < 4.78 is 5.42. The molecule has 1 saturated carbocycles. The van der Waals surface area contributed by atoms with Crippen LogP contribution >= 0.6 is 0 Å². The fourth-order valence-electron chi connectivity index (χ4n) is 4.49. The minimum atomic E-state index is -0.959. The van der Waals surface area contributed by atoms with Crippen LogP contribution in [-0.4, -0.2) is 41.8 Å². The number of alkyl carbamates (subject to hydrolysis) is 1. The van der Waals surface area contributed by atoms with E-state index in [0.717, 1.165) is 35.1 Å². The fraction of sp³-hybridized carbons (Fsp3) is 0.375. The van der Waals surface area contributed by atoms with Crippen molar-refractivity contribution >= 4 is 18.0 Å². The number of carbonyl (C=O) groups is 3. The van der Waals surface area contributed by atoms with Crippen molar-refractivity contribution in [2.75, 3.05) is 13.2 Å². The zero-order valence-electron chi connectivity index (χ0n) is 17.4. The molecule has 3 N–H and O–H groups in total. The predicted octanol–water partition coefficient (Wildman–Crippen LogP) is 3.28. The van der Waals surface area contributed by atoms with Crippen molar-refractivity contribution in [2.45, 2.75) is 37.6 Å². The van der Waals surface area contributed by atoms with E-state index in [4.69, 9.17) is 9.84 Å².